The van der Waals surface area contributed by atoms with E-state index >= 15 is 0 Å². The normalized spacial score (nSPS) is 13.6. The number of fused-ring (bicyclic) bond motifs is 1. The number of carbonyl (C=O) groups excluding carboxylic acids is 2. The summed E-state index contributed by atoms with van der Waals surface area (Å²) in [7, 11) is 0. The molecule has 1 aromatic carbocycles. The van der Waals surface area contributed by atoms with Gasteiger partial charge in [0.1, 0.15) is 0 Å². The number of benzene rings is 1. The molecule has 132 valence electrons. The lowest BCUT2D eigenvalue weighted by Crippen LogP contribution is -2.27. The van der Waals surface area contributed by atoms with Crippen molar-refractivity contribution in [3.05, 3.63) is 65.7 Å². The lowest BCUT2D eigenvalue weighted by atomic mass is 10.1. The molecule has 6 nitrogen and oxygen atoms in total. The Kier molecular flexibility index (Phi) is 4.16. The van der Waals surface area contributed by atoms with Crippen molar-refractivity contribution in [3.8, 4) is 0 Å². The second kappa shape index (κ2) is 6.63. The SMILES string of the molecule is CCc1ccccc1NC(=O)c1nc(C(=O)NC2CC2)n2ccccc12. The molecule has 2 heterocycles. The Hall–Kier alpha value is -3.15. The number of hydrogen-bond acceptors (Lipinski definition) is 3. The number of hydrogen-bond donors (Lipinski definition) is 2. The third-order valence-corrected chi connectivity index (χ3v) is 4.53. The summed E-state index contributed by atoms with van der Waals surface area (Å²) in [6, 6.07) is 13.3. The number of amides is 2. The highest BCUT2D eigenvalue weighted by atomic mass is 16.2. The van der Waals surface area contributed by atoms with Crippen LogP contribution in [-0.4, -0.2) is 27.2 Å². The molecular formula is C20H20N4O2. The van der Waals surface area contributed by atoms with Crippen LogP contribution in [0.15, 0.2) is 48.7 Å². The summed E-state index contributed by atoms with van der Waals surface area (Å²) >= 11 is 0. The van der Waals surface area contributed by atoms with Crippen molar-refractivity contribution in [1.29, 1.82) is 0 Å². The summed E-state index contributed by atoms with van der Waals surface area (Å²) in [6.45, 7) is 2.04. The Bertz CT molecular complexity index is 988. The summed E-state index contributed by atoms with van der Waals surface area (Å²) in [6.07, 6.45) is 4.56. The number of carbonyl (C=O) groups is 2. The monoisotopic (exact) mass is 348 g/mol. The molecule has 2 amide bonds. The lowest BCUT2D eigenvalue weighted by Gasteiger charge is -2.08. The molecule has 6 heteroatoms. The summed E-state index contributed by atoms with van der Waals surface area (Å²) in [5.74, 6) is -0.330. The maximum atomic E-state index is 12.8. The minimum atomic E-state index is -0.319. The second-order valence-electron chi connectivity index (χ2n) is 6.45. The van der Waals surface area contributed by atoms with Gasteiger partial charge in [0, 0.05) is 17.9 Å². The minimum Gasteiger partial charge on any atom is -0.347 e. The Morgan fingerprint density at radius 3 is 2.65 bits per heavy atom. The van der Waals surface area contributed by atoms with Gasteiger partial charge in [-0.3, -0.25) is 14.0 Å². The number of nitrogens with one attached hydrogen (secondary N) is 2. The van der Waals surface area contributed by atoms with Gasteiger partial charge in [-0.05, 0) is 43.0 Å². The Morgan fingerprint density at radius 1 is 1.12 bits per heavy atom. The highest BCUT2D eigenvalue weighted by Crippen LogP contribution is 2.21. The van der Waals surface area contributed by atoms with Gasteiger partial charge in [0.15, 0.2) is 5.69 Å². The van der Waals surface area contributed by atoms with Crippen LogP contribution >= 0.6 is 0 Å². The van der Waals surface area contributed by atoms with Gasteiger partial charge in [0.25, 0.3) is 11.8 Å². The maximum Gasteiger partial charge on any atom is 0.287 e. The van der Waals surface area contributed by atoms with Crippen molar-refractivity contribution in [1.82, 2.24) is 14.7 Å². The number of anilines is 1. The minimum absolute atomic E-state index is 0.229. The molecule has 0 aliphatic heterocycles. The predicted octanol–water partition coefficient (Wildman–Crippen LogP) is 3.04. The largest absolute Gasteiger partial charge is 0.347 e. The van der Waals surface area contributed by atoms with Gasteiger partial charge in [-0.15, -0.1) is 0 Å². The fourth-order valence-electron chi connectivity index (χ4n) is 2.97. The number of para-hydroxylation sites is 1. The van der Waals surface area contributed by atoms with Crippen LogP contribution in [0.2, 0.25) is 0 Å². The molecular weight excluding hydrogens is 328 g/mol. The zero-order valence-corrected chi connectivity index (χ0v) is 14.5. The van der Waals surface area contributed by atoms with E-state index in [2.05, 4.69) is 15.6 Å². The van der Waals surface area contributed by atoms with Gasteiger partial charge >= 0.3 is 0 Å². The van der Waals surface area contributed by atoms with Gasteiger partial charge in [-0.1, -0.05) is 31.2 Å². The number of rotatable bonds is 5. The van der Waals surface area contributed by atoms with Crippen LogP contribution in [0.25, 0.3) is 5.52 Å². The van der Waals surface area contributed by atoms with Crippen molar-refractivity contribution in [2.24, 2.45) is 0 Å². The summed E-state index contributed by atoms with van der Waals surface area (Å²) in [5.41, 5.74) is 2.68. The van der Waals surface area contributed by atoms with E-state index in [4.69, 9.17) is 0 Å². The van der Waals surface area contributed by atoms with Crippen LogP contribution < -0.4 is 10.6 Å². The van der Waals surface area contributed by atoms with Crippen LogP contribution in [0.5, 0.6) is 0 Å². The molecule has 26 heavy (non-hydrogen) atoms. The molecule has 2 aromatic heterocycles. The highest BCUT2D eigenvalue weighted by molar-refractivity contribution is 6.09. The van der Waals surface area contributed by atoms with Gasteiger partial charge in [-0.2, -0.15) is 0 Å². The van der Waals surface area contributed by atoms with Crippen LogP contribution in [0.4, 0.5) is 5.69 Å². The van der Waals surface area contributed by atoms with Crippen LogP contribution in [0, 0.1) is 0 Å². The first-order chi connectivity index (χ1) is 12.7. The van der Waals surface area contributed by atoms with E-state index in [9.17, 15) is 9.59 Å². The third kappa shape index (κ3) is 3.06. The lowest BCUT2D eigenvalue weighted by molar-refractivity contribution is 0.0940. The van der Waals surface area contributed by atoms with Crippen LogP contribution in [0.1, 0.15) is 46.4 Å². The van der Waals surface area contributed by atoms with Gasteiger partial charge in [-0.25, -0.2) is 4.98 Å². The number of aromatic nitrogens is 2. The summed E-state index contributed by atoms with van der Waals surface area (Å²) in [4.78, 5) is 29.7. The standard InChI is InChI=1S/C20H20N4O2/c1-2-13-7-3-4-8-15(13)22-19(25)17-16-9-5-6-12-24(16)18(23-17)20(26)21-14-10-11-14/h3-9,12,14H,2,10-11H2,1H3,(H,21,26)(H,22,25). The third-order valence-electron chi connectivity index (χ3n) is 4.53. The van der Waals surface area contributed by atoms with E-state index in [1.165, 1.54) is 0 Å². The first-order valence-corrected chi connectivity index (χ1v) is 8.84. The van der Waals surface area contributed by atoms with Crippen molar-refractivity contribution >= 4 is 23.0 Å². The number of aryl methyl sites for hydroxylation is 1. The average molecular weight is 348 g/mol. The molecule has 3 aromatic rings. The maximum absolute atomic E-state index is 12.8. The molecule has 0 saturated heterocycles. The molecule has 0 atom stereocenters. The Balaban J connectivity index is 1.69. The zero-order valence-electron chi connectivity index (χ0n) is 14.5. The fraction of sp³-hybridized carbons (Fsp3) is 0.250. The number of nitrogens with zero attached hydrogens (tertiary/aromatic N) is 2. The smallest absolute Gasteiger partial charge is 0.287 e. The quantitative estimate of drug-likeness (QED) is 0.744. The first kappa shape index (κ1) is 16.3. The molecule has 0 spiro atoms. The van der Waals surface area contributed by atoms with Gasteiger partial charge in [0.2, 0.25) is 5.82 Å². The van der Waals surface area contributed by atoms with E-state index in [1.54, 1.807) is 16.7 Å². The Labute approximate surface area is 151 Å². The molecule has 0 unspecified atom stereocenters. The molecule has 1 saturated carbocycles. The van der Waals surface area contributed by atoms with Crippen molar-refractivity contribution in [3.63, 3.8) is 0 Å². The van der Waals surface area contributed by atoms with E-state index < -0.39 is 0 Å². The van der Waals surface area contributed by atoms with E-state index in [1.807, 2.05) is 43.3 Å². The number of pyridine rings is 1. The van der Waals surface area contributed by atoms with E-state index in [0.717, 1.165) is 30.5 Å². The summed E-state index contributed by atoms with van der Waals surface area (Å²) < 4.78 is 1.67. The predicted molar refractivity (Wildman–Crippen MR) is 99.5 cm³/mol. The van der Waals surface area contributed by atoms with Crippen molar-refractivity contribution < 1.29 is 9.59 Å². The summed E-state index contributed by atoms with van der Waals surface area (Å²) in [5, 5.41) is 5.86. The second-order valence-corrected chi connectivity index (χ2v) is 6.45. The number of imidazole rings is 1. The first-order valence-electron chi connectivity index (χ1n) is 8.84. The molecule has 1 fully saturated rings. The zero-order chi connectivity index (χ0) is 18.1. The van der Waals surface area contributed by atoms with Gasteiger partial charge in [0.05, 0.1) is 5.52 Å². The topological polar surface area (TPSA) is 75.5 Å². The van der Waals surface area contributed by atoms with Crippen LogP contribution in [0.3, 0.4) is 0 Å². The average Bonchev–Trinajstić information content (AvgIpc) is 3.38. The van der Waals surface area contributed by atoms with Crippen molar-refractivity contribution in [2.45, 2.75) is 32.2 Å². The molecule has 4 rings (SSSR count). The molecule has 1 aliphatic rings. The molecule has 0 radical (unpaired) electrons. The van der Waals surface area contributed by atoms with Crippen LogP contribution in [-0.2, 0) is 6.42 Å². The highest BCUT2D eigenvalue weighted by Gasteiger charge is 2.27. The Morgan fingerprint density at radius 2 is 1.88 bits per heavy atom. The fourth-order valence-corrected chi connectivity index (χ4v) is 2.97. The molecule has 0 bridgehead atoms. The van der Waals surface area contributed by atoms with Crippen molar-refractivity contribution in [2.75, 3.05) is 5.32 Å². The van der Waals surface area contributed by atoms with E-state index in [0.29, 0.717) is 5.52 Å². The van der Waals surface area contributed by atoms with Gasteiger partial charge < -0.3 is 10.6 Å². The molecule has 2 N–H and O–H groups in total. The molecule has 1 aliphatic carbocycles. The van der Waals surface area contributed by atoms with E-state index in [-0.39, 0.29) is 29.4 Å².